The Balaban J connectivity index is 1.29. The van der Waals surface area contributed by atoms with E-state index in [2.05, 4.69) is 132 Å². The molecule has 0 aromatic heterocycles. The van der Waals surface area contributed by atoms with Gasteiger partial charge in [-0.1, -0.05) is 144 Å². The highest BCUT2D eigenvalue weighted by Crippen LogP contribution is 2.41. The number of benzene rings is 5. The van der Waals surface area contributed by atoms with Crippen molar-refractivity contribution in [3.63, 3.8) is 0 Å². The molecule has 0 saturated heterocycles. The van der Waals surface area contributed by atoms with Crippen LogP contribution in [0.5, 0.6) is 11.5 Å². The zero-order chi connectivity index (χ0) is 31.1. The van der Waals surface area contributed by atoms with Crippen LogP contribution in [0.15, 0.2) is 115 Å². The molecule has 2 unspecified atom stereocenters. The molecule has 2 atom stereocenters. The van der Waals surface area contributed by atoms with Crippen molar-refractivity contribution in [2.24, 2.45) is 11.3 Å². The van der Waals surface area contributed by atoms with Crippen molar-refractivity contribution in [2.45, 2.75) is 60.2 Å². The van der Waals surface area contributed by atoms with Crippen molar-refractivity contribution in [1.82, 2.24) is 0 Å². The lowest BCUT2D eigenvalue weighted by Crippen LogP contribution is -2.20. The molecule has 0 aliphatic heterocycles. The summed E-state index contributed by atoms with van der Waals surface area (Å²) in [5.41, 5.74) is 6.01. The Morgan fingerprint density at radius 2 is 1.16 bits per heavy atom. The van der Waals surface area contributed by atoms with Gasteiger partial charge in [0.25, 0.3) is 0 Å². The maximum atomic E-state index is 6.47. The summed E-state index contributed by atoms with van der Waals surface area (Å²) in [5.74, 6) is 2.72. The Labute approximate surface area is 263 Å². The summed E-state index contributed by atoms with van der Waals surface area (Å²) in [4.78, 5) is 0. The third-order valence-electron chi connectivity index (χ3n) is 8.11. The third kappa shape index (κ3) is 7.70. The van der Waals surface area contributed by atoms with E-state index in [0.29, 0.717) is 25.0 Å². The predicted octanol–water partition coefficient (Wildman–Crippen LogP) is 11.2. The van der Waals surface area contributed by atoms with Crippen LogP contribution in [0.1, 0.15) is 59.4 Å². The summed E-state index contributed by atoms with van der Waals surface area (Å²) in [5, 5.41) is 2.38. The summed E-state index contributed by atoms with van der Waals surface area (Å²) in [6, 6.07) is 40.0. The van der Waals surface area contributed by atoms with Crippen LogP contribution in [0.2, 0.25) is 0 Å². The zero-order valence-electron chi connectivity index (χ0n) is 27.0. The van der Waals surface area contributed by atoms with Gasteiger partial charge in [-0.25, -0.2) is 0 Å². The zero-order valence-corrected chi connectivity index (χ0v) is 27.0. The second-order valence-corrected chi connectivity index (χ2v) is 13.1. The van der Waals surface area contributed by atoms with E-state index in [4.69, 9.17) is 14.2 Å². The Morgan fingerprint density at radius 1 is 0.591 bits per heavy atom. The van der Waals surface area contributed by atoms with Crippen LogP contribution in [-0.2, 0) is 4.74 Å². The molecule has 0 amide bonds. The van der Waals surface area contributed by atoms with E-state index in [1.165, 1.54) is 10.9 Å². The molecule has 0 fully saturated rings. The molecule has 5 rings (SSSR count). The van der Waals surface area contributed by atoms with Crippen LogP contribution in [0.25, 0.3) is 33.0 Å². The van der Waals surface area contributed by atoms with Gasteiger partial charge >= 0.3 is 0 Å². The predicted molar refractivity (Wildman–Crippen MR) is 184 cm³/mol. The van der Waals surface area contributed by atoms with Gasteiger partial charge < -0.3 is 14.2 Å². The van der Waals surface area contributed by atoms with Crippen molar-refractivity contribution >= 4 is 10.8 Å². The van der Waals surface area contributed by atoms with Gasteiger partial charge in [0.2, 0.25) is 0 Å². The van der Waals surface area contributed by atoms with Gasteiger partial charge in [0.15, 0.2) is 6.29 Å². The van der Waals surface area contributed by atoms with E-state index in [1.54, 1.807) is 0 Å². The highest BCUT2D eigenvalue weighted by Gasteiger charge is 2.25. The second-order valence-electron chi connectivity index (χ2n) is 13.1. The van der Waals surface area contributed by atoms with Crippen LogP contribution >= 0.6 is 0 Å². The average Bonchev–Trinajstić information content (AvgIpc) is 3.02. The molecular weight excluding hydrogens is 540 g/mol. The third-order valence-corrected chi connectivity index (χ3v) is 8.11. The lowest BCUT2D eigenvalue weighted by Gasteiger charge is -2.30. The maximum Gasteiger partial charge on any atom is 0.197 e. The molecule has 0 saturated carbocycles. The molecule has 5 aromatic rings. The lowest BCUT2D eigenvalue weighted by atomic mass is 9.75. The first-order valence-electron chi connectivity index (χ1n) is 15.9. The van der Waals surface area contributed by atoms with Crippen molar-refractivity contribution in [1.29, 1.82) is 0 Å². The van der Waals surface area contributed by atoms with Gasteiger partial charge in [-0.3, -0.25) is 0 Å². The number of rotatable bonds is 12. The number of hydrogen-bond donors (Lipinski definition) is 0. The maximum absolute atomic E-state index is 6.47. The number of hydrogen-bond acceptors (Lipinski definition) is 3. The highest BCUT2D eigenvalue weighted by atomic mass is 16.7. The summed E-state index contributed by atoms with van der Waals surface area (Å²) in [6.07, 6.45) is 0.703. The summed E-state index contributed by atoms with van der Waals surface area (Å²) in [7, 11) is 0. The SMILES string of the molecule is CC(OCCOc1c(-c2ccccc2)cccc1-c1ccccc1)Oc1cccc2c(C(CC(C)(C)C)C(C)C)cccc12. The fourth-order valence-electron chi connectivity index (χ4n) is 6.05. The van der Waals surface area contributed by atoms with E-state index >= 15 is 0 Å². The van der Waals surface area contributed by atoms with Gasteiger partial charge in [-0.2, -0.15) is 0 Å². The first-order chi connectivity index (χ1) is 21.2. The Kier molecular flexibility index (Phi) is 10.1. The van der Waals surface area contributed by atoms with E-state index in [0.717, 1.165) is 45.6 Å². The van der Waals surface area contributed by atoms with Crippen molar-refractivity contribution in [2.75, 3.05) is 13.2 Å². The van der Waals surface area contributed by atoms with Crippen molar-refractivity contribution < 1.29 is 14.2 Å². The molecule has 0 spiro atoms. The van der Waals surface area contributed by atoms with Gasteiger partial charge in [0, 0.05) is 16.5 Å². The fraction of sp³-hybridized carbons (Fsp3) is 0.317. The fourth-order valence-corrected chi connectivity index (χ4v) is 6.05. The molecule has 228 valence electrons. The molecule has 0 N–H and O–H groups in total. The van der Waals surface area contributed by atoms with Gasteiger partial charge in [0.1, 0.15) is 18.1 Å². The minimum atomic E-state index is -0.429. The summed E-state index contributed by atoms with van der Waals surface area (Å²) >= 11 is 0. The van der Waals surface area contributed by atoms with Gasteiger partial charge in [-0.05, 0) is 58.7 Å². The lowest BCUT2D eigenvalue weighted by molar-refractivity contribution is -0.0731. The molecule has 5 aromatic carbocycles. The molecule has 0 bridgehead atoms. The van der Waals surface area contributed by atoms with E-state index in [-0.39, 0.29) is 5.41 Å². The van der Waals surface area contributed by atoms with Crippen molar-refractivity contribution in [3.05, 3.63) is 121 Å². The van der Waals surface area contributed by atoms with Crippen LogP contribution in [0.4, 0.5) is 0 Å². The Hall–Kier alpha value is -4.08. The Bertz CT molecular complexity index is 1580. The molecule has 3 heteroatoms. The minimum Gasteiger partial charge on any atom is -0.490 e. The van der Waals surface area contributed by atoms with E-state index in [9.17, 15) is 0 Å². The standard InChI is InChI=1S/C41H46O3/c1-29(2)38(28-41(4,5)6)36-22-14-24-37-35(36)23-15-25-39(37)44-30(3)42-26-27-43-40-33(31-16-9-7-10-17-31)20-13-21-34(40)32-18-11-8-12-19-32/h7-25,29-30,38H,26-28H2,1-6H3. The Morgan fingerprint density at radius 3 is 1.75 bits per heavy atom. The van der Waals surface area contributed by atoms with Crippen LogP contribution < -0.4 is 9.47 Å². The number of para-hydroxylation sites is 1. The van der Waals surface area contributed by atoms with E-state index in [1.807, 2.05) is 25.1 Å². The molecular formula is C41H46O3. The average molecular weight is 587 g/mol. The van der Waals surface area contributed by atoms with Gasteiger partial charge in [-0.15, -0.1) is 0 Å². The first kappa shape index (κ1) is 31.3. The molecule has 44 heavy (non-hydrogen) atoms. The molecule has 0 heterocycles. The first-order valence-corrected chi connectivity index (χ1v) is 15.9. The smallest absolute Gasteiger partial charge is 0.197 e. The summed E-state index contributed by atoms with van der Waals surface area (Å²) in [6.45, 7) is 14.4. The van der Waals surface area contributed by atoms with Crippen LogP contribution in [-0.4, -0.2) is 19.5 Å². The normalized spacial score (nSPS) is 13.2. The molecule has 0 aliphatic rings. The van der Waals surface area contributed by atoms with E-state index < -0.39 is 6.29 Å². The largest absolute Gasteiger partial charge is 0.490 e. The topological polar surface area (TPSA) is 27.7 Å². The van der Waals surface area contributed by atoms with Crippen LogP contribution in [0, 0.1) is 11.3 Å². The minimum absolute atomic E-state index is 0.249. The molecule has 0 aliphatic carbocycles. The highest BCUT2D eigenvalue weighted by molar-refractivity contribution is 5.91. The monoisotopic (exact) mass is 586 g/mol. The van der Waals surface area contributed by atoms with Gasteiger partial charge in [0.05, 0.1) is 6.61 Å². The second kappa shape index (κ2) is 14.1. The molecule has 3 nitrogen and oxygen atoms in total. The number of fused-ring (bicyclic) bond motifs is 1. The van der Waals surface area contributed by atoms with Crippen molar-refractivity contribution in [3.8, 4) is 33.8 Å². The van der Waals surface area contributed by atoms with Crippen LogP contribution in [0.3, 0.4) is 0 Å². The quantitative estimate of drug-likeness (QED) is 0.107. The number of ether oxygens (including phenoxy) is 3. The molecule has 0 radical (unpaired) electrons. The summed E-state index contributed by atoms with van der Waals surface area (Å²) < 4.78 is 19.0.